The highest BCUT2D eigenvalue weighted by atomic mass is 16.4. The Labute approximate surface area is 105 Å². The van der Waals surface area contributed by atoms with Crippen LogP contribution in [0, 0.1) is 6.92 Å². The molecule has 0 aliphatic carbocycles. The second-order valence-electron chi connectivity index (χ2n) is 3.68. The van der Waals surface area contributed by atoms with E-state index in [-0.39, 0.29) is 13.1 Å². The molecule has 0 radical (unpaired) electrons. The summed E-state index contributed by atoms with van der Waals surface area (Å²) in [6.07, 6.45) is 4.27. The maximum absolute atomic E-state index is 11.7. The van der Waals surface area contributed by atoms with Gasteiger partial charge in [-0.2, -0.15) is 0 Å². The van der Waals surface area contributed by atoms with E-state index in [9.17, 15) is 9.59 Å². The van der Waals surface area contributed by atoms with Crippen molar-refractivity contribution >= 4 is 18.0 Å². The molecule has 0 atom stereocenters. The van der Waals surface area contributed by atoms with Gasteiger partial charge in [0.05, 0.1) is 0 Å². The second-order valence-corrected chi connectivity index (χ2v) is 3.68. The Morgan fingerprint density at radius 3 is 2.72 bits per heavy atom. The molecule has 1 N–H and O–H groups in total. The van der Waals surface area contributed by atoms with Crippen LogP contribution in [0.3, 0.4) is 0 Å². The Balaban J connectivity index is 2.68. The SMILES string of the molecule is C=CCN(CC(=O)O)C(=O)C=Cc1ccc(C)o1. The lowest BCUT2D eigenvalue weighted by molar-refractivity contribution is -0.142. The van der Waals surface area contributed by atoms with Gasteiger partial charge in [-0.15, -0.1) is 6.58 Å². The van der Waals surface area contributed by atoms with E-state index in [1.54, 1.807) is 19.1 Å². The monoisotopic (exact) mass is 249 g/mol. The topological polar surface area (TPSA) is 70.8 Å². The van der Waals surface area contributed by atoms with Crippen LogP contribution in [0.5, 0.6) is 0 Å². The number of carbonyl (C=O) groups excluding carboxylic acids is 1. The first-order valence-electron chi connectivity index (χ1n) is 5.39. The van der Waals surface area contributed by atoms with Gasteiger partial charge < -0.3 is 14.4 Å². The van der Waals surface area contributed by atoms with E-state index in [1.807, 2.05) is 0 Å². The van der Waals surface area contributed by atoms with E-state index in [0.29, 0.717) is 5.76 Å². The second kappa shape index (κ2) is 6.44. The number of nitrogens with zero attached hydrogens (tertiary/aromatic N) is 1. The fourth-order valence-corrected chi connectivity index (χ4v) is 1.35. The zero-order valence-electron chi connectivity index (χ0n) is 10.1. The number of furan rings is 1. The summed E-state index contributed by atoms with van der Waals surface area (Å²) in [4.78, 5) is 23.5. The number of rotatable bonds is 6. The lowest BCUT2D eigenvalue weighted by Gasteiger charge is -2.16. The molecule has 0 aromatic carbocycles. The molecule has 0 fully saturated rings. The maximum Gasteiger partial charge on any atom is 0.323 e. The van der Waals surface area contributed by atoms with Crippen molar-refractivity contribution in [3.05, 3.63) is 42.4 Å². The van der Waals surface area contributed by atoms with Crippen LogP contribution in [0.2, 0.25) is 0 Å². The minimum Gasteiger partial charge on any atom is -0.480 e. The van der Waals surface area contributed by atoms with Crippen molar-refractivity contribution in [1.29, 1.82) is 0 Å². The third kappa shape index (κ3) is 4.29. The summed E-state index contributed by atoms with van der Waals surface area (Å²) in [6.45, 7) is 5.11. The Morgan fingerprint density at radius 2 is 2.22 bits per heavy atom. The fourth-order valence-electron chi connectivity index (χ4n) is 1.35. The summed E-state index contributed by atoms with van der Waals surface area (Å²) < 4.78 is 5.26. The lowest BCUT2D eigenvalue weighted by Crippen LogP contribution is -2.34. The molecule has 0 aliphatic heterocycles. The third-order valence-corrected chi connectivity index (χ3v) is 2.14. The number of hydrogen-bond acceptors (Lipinski definition) is 3. The van der Waals surface area contributed by atoms with Crippen molar-refractivity contribution in [2.75, 3.05) is 13.1 Å². The lowest BCUT2D eigenvalue weighted by atomic mass is 10.3. The van der Waals surface area contributed by atoms with Gasteiger partial charge in [-0.25, -0.2) is 0 Å². The van der Waals surface area contributed by atoms with Crippen LogP contribution in [0.4, 0.5) is 0 Å². The number of aryl methyl sites for hydroxylation is 1. The number of amides is 1. The molecule has 0 aliphatic rings. The standard InChI is InChI=1S/C13H15NO4/c1-3-8-14(9-13(16)17)12(15)7-6-11-5-4-10(2)18-11/h3-7H,1,8-9H2,2H3,(H,16,17). The first kappa shape index (κ1) is 13.8. The Kier molecular flexibility index (Phi) is 4.92. The molecule has 0 spiro atoms. The number of carbonyl (C=O) groups is 2. The van der Waals surface area contributed by atoms with E-state index >= 15 is 0 Å². The first-order valence-corrected chi connectivity index (χ1v) is 5.39. The molecule has 1 amide bonds. The summed E-state index contributed by atoms with van der Waals surface area (Å²) in [5, 5.41) is 8.68. The van der Waals surface area contributed by atoms with Crippen molar-refractivity contribution < 1.29 is 19.1 Å². The van der Waals surface area contributed by atoms with Crippen LogP contribution in [0.1, 0.15) is 11.5 Å². The molecule has 5 nitrogen and oxygen atoms in total. The average molecular weight is 249 g/mol. The summed E-state index contributed by atoms with van der Waals surface area (Å²) >= 11 is 0. The Morgan fingerprint density at radius 1 is 1.50 bits per heavy atom. The molecule has 1 aromatic heterocycles. The molecule has 0 unspecified atom stereocenters. The molecule has 1 rings (SSSR count). The predicted octanol–water partition coefficient (Wildman–Crippen LogP) is 1.70. The highest BCUT2D eigenvalue weighted by molar-refractivity contribution is 5.93. The van der Waals surface area contributed by atoms with E-state index in [0.717, 1.165) is 5.76 Å². The van der Waals surface area contributed by atoms with Crippen LogP contribution in [0.25, 0.3) is 6.08 Å². The molecule has 5 heteroatoms. The maximum atomic E-state index is 11.7. The molecule has 0 bridgehead atoms. The van der Waals surface area contributed by atoms with Gasteiger partial charge in [0.1, 0.15) is 18.1 Å². The van der Waals surface area contributed by atoms with Gasteiger partial charge in [0.2, 0.25) is 5.91 Å². The zero-order valence-corrected chi connectivity index (χ0v) is 10.1. The van der Waals surface area contributed by atoms with Gasteiger partial charge >= 0.3 is 5.97 Å². The quantitative estimate of drug-likeness (QED) is 0.615. The van der Waals surface area contributed by atoms with Gasteiger partial charge in [-0.3, -0.25) is 9.59 Å². The summed E-state index contributed by atoms with van der Waals surface area (Å²) in [5.41, 5.74) is 0. The van der Waals surface area contributed by atoms with Crippen molar-refractivity contribution in [3.8, 4) is 0 Å². The molecular weight excluding hydrogens is 234 g/mol. The van der Waals surface area contributed by atoms with Gasteiger partial charge in [-0.1, -0.05) is 6.08 Å². The van der Waals surface area contributed by atoms with Crippen molar-refractivity contribution in [3.63, 3.8) is 0 Å². The van der Waals surface area contributed by atoms with Gasteiger partial charge in [0.15, 0.2) is 0 Å². The smallest absolute Gasteiger partial charge is 0.323 e. The Hall–Kier alpha value is -2.30. The molecule has 0 saturated carbocycles. The van der Waals surface area contributed by atoms with Crippen molar-refractivity contribution in [2.24, 2.45) is 0 Å². The van der Waals surface area contributed by atoms with Crippen molar-refractivity contribution in [1.82, 2.24) is 4.90 Å². The first-order chi connectivity index (χ1) is 8.52. The van der Waals surface area contributed by atoms with Crippen LogP contribution in [-0.2, 0) is 9.59 Å². The van der Waals surface area contributed by atoms with Gasteiger partial charge in [0, 0.05) is 12.6 Å². The molecular formula is C13H15NO4. The molecule has 1 heterocycles. The fraction of sp³-hybridized carbons (Fsp3) is 0.231. The highest BCUT2D eigenvalue weighted by Gasteiger charge is 2.12. The Bertz CT molecular complexity index is 473. The van der Waals surface area contributed by atoms with E-state index in [1.165, 1.54) is 23.1 Å². The van der Waals surface area contributed by atoms with Crippen LogP contribution < -0.4 is 0 Å². The average Bonchev–Trinajstić information content (AvgIpc) is 2.71. The summed E-state index contributed by atoms with van der Waals surface area (Å²) in [5.74, 6) is -0.163. The van der Waals surface area contributed by atoms with Crippen LogP contribution in [-0.4, -0.2) is 35.0 Å². The van der Waals surface area contributed by atoms with E-state index in [2.05, 4.69) is 6.58 Å². The number of aliphatic carboxylic acids is 1. The predicted molar refractivity (Wildman–Crippen MR) is 66.9 cm³/mol. The number of carboxylic acids is 1. The molecule has 18 heavy (non-hydrogen) atoms. The minimum absolute atomic E-state index is 0.187. The summed E-state index contributed by atoms with van der Waals surface area (Å²) in [6, 6.07) is 3.51. The normalized spacial score (nSPS) is 10.5. The van der Waals surface area contributed by atoms with E-state index in [4.69, 9.17) is 9.52 Å². The highest BCUT2D eigenvalue weighted by Crippen LogP contribution is 2.08. The van der Waals surface area contributed by atoms with Crippen LogP contribution in [0.15, 0.2) is 35.3 Å². The molecule has 1 aromatic rings. The minimum atomic E-state index is -1.06. The number of hydrogen-bond donors (Lipinski definition) is 1. The number of carboxylic acid groups (broad SMARTS) is 1. The van der Waals surface area contributed by atoms with Gasteiger partial charge in [0.25, 0.3) is 0 Å². The molecule has 96 valence electrons. The largest absolute Gasteiger partial charge is 0.480 e. The van der Waals surface area contributed by atoms with Crippen molar-refractivity contribution in [2.45, 2.75) is 6.92 Å². The van der Waals surface area contributed by atoms with Gasteiger partial charge in [-0.05, 0) is 25.1 Å². The third-order valence-electron chi connectivity index (χ3n) is 2.14. The molecule has 0 saturated heterocycles. The summed E-state index contributed by atoms with van der Waals surface area (Å²) in [7, 11) is 0. The zero-order chi connectivity index (χ0) is 13.5. The van der Waals surface area contributed by atoms with E-state index < -0.39 is 11.9 Å². The van der Waals surface area contributed by atoms with Crippen LogP contribution >= 0.6 is 0 Å².